The van der Waals surface area contributed by atoms with Gasteiger partial charge in [0, 0.05) is 5.69 Å². The van der Waals surface area contributed by atoms with E-state index in [9.17, 15) is 14.0 Å². The van der Waals surface area contributed by atoms with Crippen LogP contribution in [0.5, 0.6) is 5.75 Å². The predicted octanol–water partition coefficient (Wildman–Crippen LogP) is 5.29. The molecule has 1 amide bonds. The van der Waals surface area contributed by atoms with E-state index in [1.54, 1.807) is 0 Å². The van der Waals surface area contributed by atoms with Crippen molar-refractivity contribution < 1.29 is 18.7 Å². The maximum absolute atomic E-state index is 13.3. The highest BCUT2D eigenvalue weighted by Gasteiger charge is 2.17. The quantitative estimate of drug-likeness (QED) is 0.673. The molecule has 0 heterocycles. The number of nitrogens with one attached hydrogen (secondary N) is 1. The number of para-hydroxylation sites is 1. The molecule has 0 aliphatic rings. The van der Waals surface area contributed by atoms with Crippen molar-refractivity contribution in [3.05, 3.63) is 58.9 Å². The Hall–Kier alpha value is -2.69. The first-order valence-corrected chi connectivity index (χ1v) is 9.06. The maximum atomic E-state index is 13.3. The van der Waals surface area contributed by atoms with Gasteiger partial charge in [0.05, 0.1) is 5.56 Å². The largest absolute Gasteiger partial charge is 0.483 e. The van der Waals surface area contributed by atoms with E-state index in [0.717, 1.165) is 22.9 Å². The lowest BCUT2D eigenvalue weighted by atomic mass is 9.92. The molecular weight excluding hydrogens is 345 g/mol. The number of Topliss-reactive ketones (excluding diaryl/α,β-unsaturated/α-hetero) is 1. The topological polar surface area (TPSA) is 55.4 Å². The molecule has 0 saturated heterocycles. The Morgan fingerprint density at radius 2 is 1.63 bits per heavy atom. The number of carbonyl (C=O) groups is 2. The summed E-state index contributed by atoms with van der Waals surface area (Å²) in [5.74, 6) is -0.478. The summed E-state index contributed by atoms with van der Waals surface area (Å²) in [7, 11) is 0. The first-order chi connectivity index (χ1) is 12.7. The highest BCUT2D eigenvalue weighted by atomic mass is 19.1. The van der Waals surface area contributed by atoms with Crippen molar-refractivity contribution in [1.82, 2.24) is 0 Å². The summed E-state index contributed by atoms with van der Waals surface area (Å²) in [6.07, 6.45) is 0. The number of carbonyl (C=O) groups excluding carboxylic acids is 2. The lowest BCUT2D eigenvalue weighted by Gasteiger charge is -2.20. The van der Waals surface area contributed by atoms with Gasteiger partial charge >= 0.3 is 0 Å². The average Bonchev–Trinajstić information content (AvgIpc) is 2.60. The molecule has 0 atom stereocenters. The van der Waals surface area contributed by atoms with Crippen LogP contribution in [0.2, 0.25) is 0 Å². The Bertz CT molecular complexity index is 817. The third-order valence-corrected chi connectivity index (χ3v) is 4.32. The molecule has 4 nitrogen and oxygen atoms in total. The summed E-state index contributed by atoms with van der Waals surface area (Å²) in [5, 5.41) is 2.95. The minimum atomic E-state index is -0.524. The van der Waals surface area contributed by atoms with Gasteiger partial charge in [-0.3, -0.25) is 9.59 Å². The van der Waals surface area contributed by atoms with Gasteiger partial charge in [-0.2, -0.15) is 0 Å². The first-order valence-electron chi connectivity index (χ1n) is 9.06. The van der Waals surface area contributed by atoms with Crippen molar-refractivity contribution in [3.8, 4) is 5.75 Å². The Morgan fingerprint density at radius 3 is 2.15 bits per heavy atom. The predicted molar refractivity (Wildman–Crippen MR) is 105 cm³/mol. The van der Waals surface area contributed by atoms with Gasteiger partial charge in [-0.25, -0.2) is 4.39 Å². The van der Waals surface area contributed by atoms with Crippen LogP contribution in [-0.4, -0.2) is 18.3 Å². The number of amides is 1. The van der Waals surface area contributed by atoms with Gasteiger partial charge in [0.1, 0.15) is 11.6 Å². The van der Waals surface area contributed by atoms with E-state index in [4.69, 9.17) is 4.74 Å². The molecule has 0 saturated carbocycles. The summed E-state index contributed by atoms with van der Waals surface area (Å²) in [6, 6.07) is 9.67. The second-order valence-electron chi connectivity index (χ2n) is 7.15. The molecule has 0 radical (unpaired) electrons. The molecule has 0 unspecified atom stereocenters. The second-order valence-corrected chi connectivity index (χ2v) is 7.15. The molecule has 0 fully saturated rings. The Kier molecular flexibility index (Phi) is 6.72. The number of benzene rings is 2. The number of halogens is 1. The van der Waals surface area contributed by atoms with Crippen molar-refractivity contribution in [2.45, 2.75) is 46.5 Å². The van der Waals surface area contributed by atoms with Crippen LogP contribution in [0.25, 0.3) is 0 Å². The molecule has 5 heteroatoms. The fourth-order valence-electron chi connectivity index (χ4n) is 2.92. The average molecular weight is 371 g/mol. The van der Waals surface area contributed by atoms with E-state index in [1.165, 1.54) is 19.1 Å². The van der Waals surface area contributed by atoms with Gasteiger partial charge in [0.25, 0.3) is 5.91 Å². The van der Waals surface area contributed by atoms with Crippen LogP contribution in [0.4, 0.5) is 10.1 Å². The summed E-state index contributed by atoms with van der Waals surface area (Å²) >= 11 is 0. The number of hydrogen-bond donors (Lipinski definition) is 1. The van der Waals surface area contributed by atoms with E-state index in [0.29, 0.717) is 0 Å². The van der Waals surface area contributed by atoms with Crippen molar-refractivity contribution in [3.63, 3.8) is 0 Å². The Morgan fingerprint density at radius 1 is 1.04 bits per heavy atom. The molecule has 0 aliphatic heterocycles. The van der Waals surface area contributed by atoms with Gasteiger partial charge in [-0.05, 0) is 48.1 Å². The number of ketones is 1. The zero-order valence-electron chi connectivity index (χ0n) is 16.4. The summed E-state index contributed by atoms with van der Waals surface area (Å²) in [6.45, 7) is 9.35. The van der Waals surface area contributed by atoms with Crippen molar-refractivity contribution in [1.29, 1.82) is 0 Å². The molecule has 2 aromatic rings. The van der Waals surface area contributed by atoms with E-state index < -0.39 is 5.82 Å². The van der Waals surface area contributed by atoms with Crippen LogP contribution in [0.3, 0.4) is 0 Å². The Labute approximate surface area is 159 Å². The smallest absolute Gasteiger partial charge is 0.262 e. The molecule has 0 spiro atoms. The van der Waals surface area contributed by atoms with Gasteiger partial charge in [-0.15, -0.1) is 0 Å². The van der Waals surface area contributed by atoms with E-state index >= 15 is 0 Å². The van der Waals surface area contributed by atoms with Gasteiger partial charge in [0.2, 0.25) is 0 Å². The first kappa shape index (κ1) is 20.6. The van der Waals surface area contributed by atoms with Crippen molar-refractivity contribution >= 4 is 17.4 Å². The highest BCUT2D eigenvalue weighted by molar-refractivity contribution is 5.97. The molecule has 144 valence electrons. The fourth-order valence-corrected chi connectivity index (χ4v) is 2.92. The number of ether oxygens (including phenoxy) is 1. The number of rotatable bonds is 7. The van der Waals surface area contributed by atoms with Gasteiger partial charge < -0.3 is 10.1 Å². The lowest BCUT2D eigenvalue weighted by molar-refractivity contribution is -0.118. The molecule has 1 N–H and O–H groups in total. The summed E-state index contributed by atoms with van der Waals surface area (Å²) in [5.41, 5.74) is 3.04. The highest BCUT2D eigenvalue weighted by Crippen LogP contribution is 2.32. The van der Waals surface area contributed by atoms with E-state index in [2.05, 4.69) is 33.0 Å². The normalized spacial score (nSPS) is 11.0. The monoisotopic (exact) mass is 371 g/mol. The van der Waals surface area contributed by atoms with Crippen LogP contribution >= 0.6 is 0 Å². The van der Waals surface area contributed by atoms with E-state index in [-0.39, 0.29) is 41.4 Å². The molecule has 2 aromatic carbocycles. The molecule has 2 rings (SSSR count). The zero-order valence-corrected chi connectivity index (χ0v) is 16.4. The molecule has 27 heavy (non-hydrogen) atoms. The molecule has 0 bridgehead atoms. The van der Waals surface area contributed by atoms with Crippen LogP contribution in [-0.2, 0) is 4.79 Å². The van der Waals surface area contributed by atoms with Crippen LogP contribution in [0, 0.1) is 5.82 Å². The van der Waals surface area contributed by atoms with Crippen LogP contribution < -0.4 is 10.1 Å². The minimum Gasteiger partial charge on any atom is -0.483 e. The maximum Gasteiger partial charge on any atom is 0.262 e. The van der Waals surface area contributed by atoms with Crippen LogP contribution in [0.1, 0.15) is 67.9 Å². The third kappa shape index (κ3) is 5.16. The lowest BCUT2D eigenvalue weighted by Crippen LogP contribution is -2.22. The summed E-state index contributed by atoms with van der Waals surface area (Å²) < 4.78 is 18.8. The van der Waals surface area contributed by atoms with Crippen molar-refractivity contribution in [2.75, 3.05) is 11.9 Å². The zero-order chi connectivity index (χ0) is 20.1. The SMILES string of the molecule is CC(=O)c1cc(F)ccc1OCC(=O)Nc1c(C(C)C)cccc1C(C)C. The molecule has 0 aromatic heterocycles. The molecule has 0 aliphatic carbocycles. The van der Waals surface area contributed by atoms with E-state index in [1.807, 2.05) is 18.2 Å². The fraction of sp³-hybridized carbons (Fsp3) is 0.364. The third-order valence-electron chi connectivity index (χ3n) is 4.32. The van der Waals surface area contributed by atoms with Gasteiger partial charge in [-0.1, -0.05) is 45.9 Å². The number of hydrogen-bond acceptors (Lipinski definition) is 3. The second kappa shape index (κ2) is 8.80. The van der Waals surface area contributed by atoms with Crippen molar-refractivity contribution in [2.24, 2.45) is 0 Å². The van der Waals surface area contributed by atoms with Crippen LogP contribution in [0.15, 0.2) is 36.4 Å². The van der Waals surface area contributed by atoms with Gasteiger partial charge in [0.15, 0.2) is 12.4 Å². The standard InChI is InChI=1S/C22H26FNO3/c1-13(2)17-7-6-8-18(14(3)4)22(17)24-21(26)12-27-20-10-9-16(23)11-19(20)15(5)25/h6-11,13-14H,12H2,1-5H3,(H,24,26). The summed E-state index contributed by atoms with van der Waals surface area (Å²) in [4.78, 5) is 24.1. The number of anilines is 1. The minimum absolute atomic E-state index is 0.119. The Balaban J connectivity index is 2.19. The molecular formula is C22H26FNO3.